The summed E-state index contributed by atoms with van der Waals surface area (Å²) < 4.78 is 1.67. The maximum absolute atomic E-state index is 12.4. The number of carbonyl (C=O) groups excluding carboxylic acids is 1. The molecule has 7 heteroatoms. The summed E-state index contributed by atoms with van der Waals surface area (Å²) in [7, 11) is 0. The van der Waals surface area contributed by atoms with E-state index in [2.05, 4.69) is 15.7 Å². The Morgan fingerprint density at radius 2 is 1.61 bits per heavy atom. The highest BCUT2D eigenvalue weighted by molar-refractivity contribution is 6.36. The van der Waals surface area contributed by atoms with Crippen LogP contribution in [0.25, 0.3) is 10.8 Å². The number of rotatable bonds is 4. The van der Waals surface area contributed by atoms with E-state index in [-0.39, 0.29) is 6.03 Å². The molecule has 1 heterocycles. The van der Waals surface area contributed by atoms with Gasteiger partial charge in [-0.25, -0.2) is 4.79 Å². The Morgan fingerprint density at radius 1 is 0.893 bits per heavy atom. The third-order valence-corrected chi connectivity index (χ3v) is 5.01. The van der Waals surface area contributed by atoms with Crippen LogP contribution >= 0.6 is 23.2 Å². The smallest absolute Gasteiger partial charge is 0.307 e. The lowest BCUT2D eigenvalue weighted by Crippen LogP contribution is -2.20. The fourth-order valence-electron chi connectivity index (χ4n) is 2.97. The first-order valence-corrected chi connectivity index (χ1v) is 9.38. The molecule has 3 aromatic carbocycles. The first-order chi connectivity index (χ1) is 13.6. The number of halogens is 2. The molecule has 4 aromatic rings. The summed E-state index contributed by atoms with van der Waals surface area (Å²) in [6.45, 7) is 0.408. The van der Waals surface area contributed by atoms with Gasteiger partial charge in [0.25, 0.3) is 0 Å². The third-order valence-electron chi connectivity index (χ3n) is 4.30. The molecule has 28 heavy (non-hydrogen) atoms. The van der Waals surface area contributed by atoms with Crippen LogP contribution in [0.3, 0.4) is 0 Å². The molecule has 2 N–H and O–H groups in total. The van der Waals surface area contributed by atoms with Crippen molar-refractivity contribution in [3.8, 4) is 0 Å². The van der Waals surface area contributed by atoms with E-state index in [1.807, 2.05) is 42.5 Å². The van der Waals surface area contributed by atoms with E-state index in [9.17, 15) is 4.79 Å². The highest BCUT2D eigenvalue weighted by atomic mass is 35.5. The van der Waals surface area contributed by atoms with Gasteiger partial charge in [-0.3, -0.25) is 10.00 Å². The summed E-state index contributed by atoms with van der Waals surface area (Å²) in [5.41, 5.74) is 1.51. The lowest BCUT2D eigenvalue weighted by molar-refractivity contribution is 0.262. The zero-order valence-electron chi connectivity index (χ0n) is 14.7. The Morgan fingerprint density at radius 3 is 2.43 bits per heavy atom. The molecule has 5 nitrogen and oxygen atoms in total. The van der Waals surface area contributed by atoms with Crippen LogP contribution in [0, 0.1) is 0 Å². The van der Waals surface area contributed by atoms with Crippen LogP contribution in [0.5, 0.6) is 0 Å². The lowest BCUT2D eigenvalue weighted by atomic mass is 10.1. The maximum Gasteiger partial charge on any atom is 0.324 e. The van der Waals surface area contributed by atoms with Crippen LogP contribution in [0.4, 0.5) is 16.3 Å². The summed E-state index contributed by atoms with van der Waals surface area (Å²) in [6.07, 6.45) is 1.76. The fraction of sp³-hybridized carbons (Fsp3) is 0.0476. The van der Waals surface area contributed by atoms with Gasteiger partial charge in [0.2, 0.25) is 0 Å². The van der Waals surface area contributed by atoms with E-state index < -0.39 is 0 Å². The van der Waals surface area contributed by atoms with Crippen molar-refractivity contribution in [3.05, 3.63) is 88.5 Å². The Bertz CT molecular complexity index is 1130. The zero-order chi connectivity index (χ0) is 19.5. The predicted molar refractivity (Wildman–Crippen MR) is 114 cm³/mol. The molecule has 0 aliphatic rings. The summed E-state index contributed by atoms with van der Waals surface area (Å²) in [5, 5.41) is 13.1. The normalized spacial score (nSPS) is 10.8. The molecule has 140 valence electrons. The highest BCUT2D eigenvalue weighted by Crippen LogP contribution is 2.25. The second-order valence-corrected chi connectivity index (χ2v) is 7.02. The van der Waals surface area contributed by atoms with Crippen LogP contribution in [-0.4, -0.2) is 15.8 Å². The summed E-state index contributed by atoms with van der Waals surface area (Å²) in [5.74, 6) is 0.431. The Balaban J connectivity index is 1.46. The van der Waals surface area contributed by atoms with E-state index in [4.69, 9.17) is 23.2 Å². The molecule has 0 aliphatic carbocycles. The van der Waals surface area contributed by atoms with Gasteiger partial charge < -0.3 is 5.32 Å². The molecule has 0 fully saturated rings. The number of anilines is 2. The molecule has 0 atom stereocenters. The van der Waals surface area contributed by atoms with Crippen molar-refractivity contribution >= 4 is 51.5 Å². The number of aromatic nitrogens is 2. The minimum absolute atomic E-state index is 0.364. The molecular weight excluding hydrogens is 395 g/mol. The highest BCUT2D eigenvalue weighted by Gasteiger charge is 2.10. The van der Waals surface area contributed by atoms with Gasteiger partial charge in [-0.15, -0.1) is 0 Å². The molecule has 0 unspecified atom stereocenters. The number of fused-ring (bicyclic) bond motifs is 1. The van der Waals surface area contributed by atoms with Crippen LogP contribution < -0.4 is 10.6 Å². The van der Waals surface area contributed by atoms with Crippen LogP contribution in [0.15, 0.2) is 72.9 Å². The van der Waals surface area contributed by atoms with Crippen LogP contribution in [-0.2, 0) is 6.54 Å². The quantitative estimate of drug-likeness (QED) is 0.431. The average Bonchev–Trinajstić information content (AvgIpc) is 3.12. The number of benzene rings is 3. The number of carbonyl (C=O) groups is 1. The second kappa shape index (κ2) is 7.92. The molecule has 0 bridgehead atoms. The van der Waals surface area contributed by atoms with Crippen molar-refractivity contribution in [2.45, 2.75) is 6.54 Å². The fourth-order valence-corrected chi connectivity index (χ4v) is 3.48. The van der Waals surface area contributed by atoms with Gasteiger partial charge in [0.1, 0.15) is 0 Å². The number of hydrogen-bond donors (Lipinski definition) is 2. The molecule has 2 amide bonds. The van der Waals surface area contributed by atoms with Gasteiger partial charge in [-0.1, -0.05) is 65.7 Å². The first-order valence-electron chi connectivity index (χ1n) is 8.62. The second-order valence-electron chi connectivity index (χ2n) is 6.20. The molecule has 0 saturated carbocycles. The standard InChI is InChI=1S/C21H16Cl2N4O/c22-17-8-4-9-18(23)16(17)13-27-12-11-20(26-27)25-21(28)24-19-10-3-6-14-5-1-2-7-15(14)19/h1-12H,13H2,(H2,24,25,26,28). The molecule has 0 spiro atoms. The maximum atomic E-state index is 12.4. The summed E-state index contributed by atoms with van der Waals surface area (Å²) >= 11 is 12.4. The van der Waals surface area contributed by atoms with Crippen molar-refractivity contribution in [2.75, 3.05) is 10.6 Å². The van der Waals surface area contributed by atoms with Crippen molar-refractivity contribution in [1.29, 1.82) is 0 Å². The Kier molecular flexibility index (Phi) is 5.19. The van der Waals surface area contributed by atoms with E-state index in [0.29, 0.717) is 22.4 Å². The van der Waals surface area contributed by atoms with E-state index in [1.54, 1.807) is 35.1 Å². The SMILES string of the molecule is O=C(Nc1ccn(Cc2c(Cl)cccc2Cl)n1)Nc1cccc2ccccc12. The van der Waals surface area contributed by atoms with Crippen molar-refractivity contribution in [1.82, 2.24) is 9.78 Å². The van der Waals surface area contributed by atoms with Crippen molar-refractivity contribution < 1.29 is 4.79 Å². The number of amides is 2. The number of hydrogen-bond acceptors (Lipinski definition) is 2. The monoisotopic (exact) mass is 410 g/mol. The summed E-state index contributed by atoms with van der Waals surface area (Å²) in [6, 6.07) is 20.3. The predicted octanol–water partition coefficient (Wildman–Crippen LogP) is 6.04. The van der Waals surface area contributed by atoms with Gasteiger partial charge >= 0.3 is 6.03 Å². The number of nitrogens with one attached hydrogen (secondary N) is 2. The van der Waals surface area contributed by atoms with Gasteiger partial charge in [0, 0.05) is 33.3 Å². The Labute approximate surface area is 171 Å². The van der Waals surface area contributed by atoms with Crippen molar-refractivity contribution in [2.24, 2.45) is 0 Å². The summed E-state index contributed by atoms with van der Waals surface area (Å²) in [4.78, 5) is 12.4. The van der Waals surface area contributed by atoms with E-state index >= 15 is 0 Å². The largest absolute Gasteiger partial charge is 0.324 e. The lowest BCUT2D eigenvalue weighted by Gasteiger charge is -2.09. The van der Waals surface area contributed by atoms with Gasteiger partial charge in [0.05, 0.1) is 12.2 Å². The molecule has 1 aromatic heterocycles. The number of urea groups is 1. The molecule has 0 radical (unpaired) electrons. The van der Waals surface area contributed by atoms with Gasteiger partial charge in [-0.2, -0.15) is 5.10 Å². The van der Waals surface area contributed by atoms with Gasteiger partial charge in [-0.05, 0) is 23.6 Å². The van der Waals surface area contributed by atoms with Crippen LogP contribution in [0.1, 0.15) is 5.56 Å². The number of nitrogens with zero attached hydrogens (tertiary/aromatic N) is 2. The van der Waals surface area contributed by atoms with Crippen molar-refractivity contribution in [3.63, 3.8) is 0 Å². The molecule has 0 aliphatic heterocycles. The first kappa shape index (κ1) is 18.3. The van der Waals surface area contributed by atoms with Crippen LogP contribution in [0.2, 0.25) is 10.0 Å². The minimum Gasteiger partial charge on any atom is -0.307 e. The molecular formula is C21H16Cl2N4O. The molecule has 0 saturated heterocycles. The Hall–Kier alpha value is -3.02. The van der Waals surface area contributed by atoms with E-state index in [1.165, 1.54) is 0 Å². The van der Waals surface area contributed by atoms with Gasteiger partial charge in [0.15, 0.2) is 5.82 Å². The van der Waals surface area contributed by atoms with E-state index in [0.717, 1.165) is 22.0 Å². The minimum atomic E-state index is -0.364. The third kappa shape index (κ3) is 3.96. The molecule has 4 rings (SSSR count). The zero-order valence-corrected chi connectivity index (χ0v) is 16.2. The topological polar surface area (TPSA) is 59.0 Å². The average molecular weight is 411 g/mol.